The molecule has 1 atom stereocenters. The molecule has 0 saturated carbocycles. The summed E-state index contributed by atoms with van der Waals surface area (Å²) in [7, 11) is 0. The van der Waals surface area contributed by atoms with Gasteiger partial charge in [-0.3, -0.25) is 25.2 Å². The molecule has 2 rings (SSSR count). The number of anilines is 1. The first-order valence-electron chi connectivity index (χ1n) is 8.81. The molecular formula is C20H21Cl2N3O4. The highest BCUT2D eigenvalue weighted by atomic mass is 35.5. The molecule has 9 heteroatoms. The molecule has 3 amide bonds. The molecule has 0 aliphatic heterocycles. The molecule has 0 aliphatic rings. The zero-order valence-electron chi connectivity index (χ0n) is 15.9. The Morgan fingerprint density at radius 2 is 1.62 bits per heavy atom. The van der Waals surface area contributed by atoms with Crippen molar-refractivity contribution in [2.75, 3.05) is 5.32 Å². The standard InChI is InChI=1S/C20H21Cl2N3O4/c1-12-3-6-15(7-4-12)29-13(2)20(28)25-24-19(27)10-9-18(26)23-17-8-5-14(21)11-16(17)22/h3-8,11,13H,9-10H2,1-2H3,(H,23,26)(H,24,27)(H,25,28)/t13-/m1/s1. The molecule has 7 nitrogen and oxygen atoms in total. The van der Waals surface area contributed by atoms with Crippen molar-refractivity contribution in [3.05, 3.63) is 58.1 Å². The van der Waals surface area contributed by atoms with Crippen LogP contribution in [0.1, 0.15) is 25.3 Å². The SMILES string of the molecule is Cc1ccc(O[C@H](C)C(=O)NNC(=O)CCC(=O)Nc2ccc(Cl)cc2Cl)cc1. The number of hydrogen-bond donors (Lipinski definition) is 3. The van der Waals surface area contributed by atoms with E-state index in [9.17, 15) is 14.4 Å². The lowest BCUT2D eigenvalue weighted by molar-refractivity contribution is -0.133. The zero-order chi connectivity index (χ0) is 21.4. The second kappa shape index (κ2) is 10.7. The minimum absolute atomic E-state index is 0.0872. The highest BCUT2D eigenvalue weighted by Crippen LogP contribution is 2.25. The van der Waals surface area contributed by atoms with E-state index >= 15 is 0 Å². The Kier molecular flexibility index (Phi) is 8.30. The fourth-order valence-corrected chi connectivity index (χ4v) is 2.66. The van der Waals surface area contributed by atoms with Crippen LogP contribution >= 0.6 is 23.2 Å². The summed E-state index contributed by atoms with van der Waals surface area (Å²) in [6.45, 7) is 3.50. The summed E-state index contributed by atoms with van der Waals surface area (Å²) in [5, 5.41) is 3.33. The molecule has 0 spiro atoms. The maximum atomic E-state index is 12.0. The van der Waals surface area contributed by atoms with Crippen LogP contribution in [0.3, 0.4) is 0 Å². The number of benzene rings is 2. The Morgan fingerprint density at radius 1 is 0.966 bits per heavy atom. The van der Waals surface area contributed by atoms with Gasteiger partial charge in [-0.1, -0.05) is 40.9 Å². The van der Waals surface area contributed by atoms with Gasteiger partial charge in [-0.25, -0.2) is 0 Å². The summed E-state index contributed by atoms with van der Waals surface area (Å²) in [4.78, 5) is 35.8. The van der Waals surface area contributed by atoms with Crippen molar-refractivity contribution in [2.24, 2.45) is 0 Å². The van der Waals surface area contributed by atoms with Gasteiger partial charge in [0.05, 0.1) is 10.7 Å². The van der Waals surface area contributed by atoms with E-state index in [1.165, 1.54) is 6.07 Å². The highest BCUT2D eigenvalue weighted by Gasteiger charge is 2.16. The van der Waals surface area contributed by atoms with Gasteiger partial charge < -0.3 is 10.1 Å². The first kappa shape index (κ1) is 22.5. The number of nitrogens with one attached hydrogen (secondary N) is 3. The number of hydrazine groups is 1. The predicted octanol–water partition coefficient (Wildman–Crippen LogP) is 3.64. The van der Waals surface area contributed by atoms with E-state index in [4.69, 9.17) is 27.9 Å². The summed E-state index contributed by atoms with van der Waals surface area (Å²) in [6, 6.07) is 11.9. The molecule has 2 aromatic carbocycles. The third-order valence-corrected chi connectivity index (χ3v) is 4.36. The zero-order valence-corrected chi connectivity index (χ0v) is 17.4. The summed E-state index contributed by atoms with van der Waals surface area (Å²) < 4.78 is 5.50. The van der Waals surface area contributed by atoms with Crippen LogP contribution in [0, 0.1) is 6.92 Å². The highest BCUT2D eigenvalue weighted by molar-refractivity contribution is 6.36. The van der Waals surface area contributed by atoms with Crippen LogP contribution in [-0.2, 0) is 14.4 Å². The van der Waals surface area contributed by atoms with Crippen LogP contribution in [0.25, 0.3) is 0 Å². The van der Waals surface area contributed by atoms with Gasteiger partial charge >= 0.3 is 0 Å². The van der Waals surface area contributed by atoms with E-state index < -0.39 is 23.8 Å². The lowest BCUT2D eigenvalue weighted by Gasteiger charge is -2.15. The van der Waals surface area contributed by atoms with Gasteiger partial charge in [-0.05, 0) is 44.2 Å². The topological polar surface area (TPSA) is 96.5 Å². The Bertz CT molecular complexity index is 888. The Balaban J connectivity index is 1.70. The quantitative estimate of drug-likeness (QED) is 0.576. The maximum absolute atomic E-state index is 12.0. The fourth-order valence-electron chi connectivity index (χ4n) is 2.20. The number of hydrogen-bond acceptors (Lipinski definition) is 4. The molecule has 0 fully saturated rings. The third kappa shape index (κ3) is 7.63. The number of carbonyl (C=O) groups excluding carboxylic acids is 3. The van der Waals surface area contributed by atoms with Crippen molar-refractivity contribution in [1.29, 1.82) is 0 Å². The van der Waals surface area contributed by atoms with Crippen LogP contribution in [-0.4, -0.2) is 23.8 Å². The Labute approximate surface area is 178 Å². The molecule has 0 aliphatic carbocycles. The monoisotopic (exact) mass is 437 g/mol. The minimum atomic E-state index is -0.812. The van der Waals surface area contributed by atoms with E-state index in [1.54, 1.807) is 31.2 Å². The molecule has 0 saturated heterocycles. The van der Waals surface area contributed by atoms with E-state index in [1.807, 2.05) is 19.1 Å². The maximum Gasteiger partial charge on any atom is 0.279 e. The van der Waals surface area contributed by atoms with Crippen LogP contribution < -0.4 is 20.9 Å². The molecule has 0 aromatic heterocycles. The number of ether oxygens (including phenoxy) is 1. The van der Waals surface area contributed by atoms with Gasteiger partial charge in [0.1, 0.15) is 5.75 Å². The largest absolute Gasteiger partial charge is 0.481 e. The van der Waals surface area contributed by atoms with Crippen molar-refractivity contribution >= 4 is 46.6 Å². The fraction of sp³-hybridized carbons (Fsp3) is 0.250. The number of carbonyl (C=O) groups is 3. The molecule has 0 unspecified atom stereocenters. The van der Waals surface area contributed by atoms with Crippen molar-refractivity contribution in [1.82, 2.24) is 10.9 Å². The van der Waals surface area contributed by atoms with Gasteiger partial charge in [-0.15, -0.1) is 0 Å². The second-order valence-corrected chi connectivity index (χ2v) is 7.13. The molecule has 154 valence electrons. The van der Waals surface area contributed by atoms with Gasteiger partial charge in [0.2, 0.25) is 11.8 Å². The summed E-state index contributed by atoms with van der Waals surface area (Å²) >= 11 is 11.8. The van der Waals surface area contributed by atoms with E-state index in [-0.39, 0.29) is 12.8 Å². The minimum Gasteiger partial charge on any atom is -0.481 e. The molecule has 2 aromatic rings. The second-order valence-electron chi connectivity index (χ2n) is 6.28. The summed E-state index contributed by atoms with van der Waals surface area (Å²) in [5.74, 6) is -0.886. The van der Waals surface area contributed by atoms with Crippen molar-refractivity contribution < 1.29 is 19.1 Å². The number of rotatable bonds is 7. The molecular weight excluding hydrogens is 417 g/mol. The van der Waals surface area contributed by atoms with E-state index in [0.717, 1.165) is 5.56 Å². The predicted molar refractivity (Wildman–Crippen MR) is 112 cm³/mol. The van der Waals surface area contributed by atoms with Crippen LogP contribution in [0.2, 0.25) is 10.0 Å². The normalized spacial score (nSPS) is 11.3. The van der Waals surface area contributed by atoms with Gasteiger partial charge in [0.25, 0.3) is 5.91 Å². The van der Waals surface area contributed by atoms with Crippen molar-refractivity contribution in [3.8, 4) is 5.75 Å². The molecule has 3 N–H and O–H groups in total. The van der Waals surface area contributed by atoms with Crippen molar-refractivity contribution in [2.45, 2.75) is 32.8 Å². The molecule has 29 heavy (non-hydrogen) atoms. The molecule has 0 bridgehead atoms. The summed E-state index contributed by atoms with van der Waals surface area (Å²) in [5.41, 5.74) is 6.00. The number of halogens is 2. The van der Waals surface area contributed by atoms with Crippen LogP contribution in [0.15, 0.2) is 42.5 Å². The van der Waals surface area contributed by atoms with Crippen molar-refractivity contribution in [3.63, 3.8) is 0 Å². The van der Waals surface area contributed by atoms with Crippen LogP contribution in [0.4, 0.5) is 5.69 Å². The molecule has 0 heterocycles. The lowest BCUT2D eigenvalue weighted by atomic mass is 10.2. The third-order valence-electron chi connectivity index (χ3n) is 3.81. The van der Waals surface area contributed by atoms with E-state index in [0.29, 0.717) is 21.5 Å². The number of amides is 3. The Morgan fingerprint density at radius 3 is 2.28 bits per heavy atom. The average molecular weight is 438 g/mol. The van der Waals surface area contributed by atoms with Gasteiger partial charge in [0, 0.05) is 17.9 Å². The van der Waals surface area contributed by atoms with Gasteiger partial charge in [-0.2, -0.15) is 0 Å². The van der Waals surface area contributed by atoms with E-state index in [2.05, 4.69) is 16.2 Å². The first-order valence-corrected chi connectivity index (χ1v) is 9.57. The first-order chi connectivity index (χ1) is 13.7. The number of aryl methyl sites for hydroxylation is 1. The Hall–Kier alpha value is -2.77. The summed E-state index contributed by atoms with van der Waals surface area (Å²) in [6.07, 6.45) is -1.02. The van der Waals surface area contributed by atoms with Crippen LogP contribution in [0.5, 0.6) is 5.75 Å². The average Bonchev–Trinajstić information content (AvgIpc) is 2.68. The lowest BCUT2D eigenvalue weighted by Crippen LogP contribution is -2.47. The smallest absolute Gasteiger partial charge is 0.279 e. The van der Waals surface area contributed by atoms with Gasteiger partial charge in [0.15, 0.2) is 6.10 Å². The molecule has 0 radical (unpaired) electrons.